The molecule has 3 rings (SSSR count). The number of anilines is 2. The zero-order chi connectivity index (χ0) is 13.2. The van der Waals surface area contributed by atoms with Gasteiger partial charge in [-0.25, -0.2) is 0 Å². The average Bonchev–Trinajstić information content (AvgIpc) is 2.46. The summed E-state index contributed by atoms with van der Waals surface area (Å²) in [6.45, 7) is 1.03. The quantitative estimate of drug-likeness (QED) is 0.794. The predicted molar refractivity (Wildman–Crippen MR) is 74.5 cm³/mol. The van der Waals surface area contributed by atoms with E-state index in [0.29, 0.717) is 24.4 Å². The van der Waals surface area contributed by atoms with Gasteiger partial charge in [-0.05, 0) is 24.3 Å². The van der Waals surface area contributed by atoms with Crippen LogP contribution in [0.4, 0.5) is 11.4 Å². The minimum absolute atomic E-state index is 0.0890. The van der Waals surface area contributed by atoms with Crippen molar-refractivity contribution >= 4 is 17.3 Å². The molecule has 0 fully saturated rings. The van der Waals surface area contributed by atoms with E-state index in [1.807, 2.05) is 36.4 Å². The number of fused-ring (bicyclic) bond motifs is 1. The van der Waals surface area contributed by atoms with E-state index in [0.717, 1.165) is 11.4 Å². The molecule has 4 nitrogen and oxygen atoms in total. The Hall–Kier alpha value is -2.49. The lowest BCUT2D eigenvalue weighted by molar-refractivity contribution is 0.0977. The number of carbonyl (C=O) groups excluding carboxylic acids is 1. The largest absolute Gasteiger partial charge is 0.490 e. The summed E-state index contributed by atoms with van der Waals surface area (Å²) in [4.78, 5) is 14.3. The Labute approximate surface area is 111 Å². The van der Waals surface area contributed by atoms with Crippen LogP contribution in [0.1, 0.15) is 10.4 Å². The highest BCUT2D eigenvalue weighted by Crippen LogP contribution is 2.32. The van der Waals surface area contributed by atoms with Crippen LogP contribution in [0.25, 0.3) is 0 Å². The van der Waals surface area contributed by atoms with Crippen molar-refractivity contribution in [1.29, 1.82) is 0 Å². The summed E-state index contributed by atoms with van der Waals surface area (Å²) >= 11 is 0. The molecule has 0 spiro atoms. The van der Waals surface area contributed by atoms with E-state index < -0.39 is 0 Å². The molecule has 0 atom stereocenters. The van der Waals surface area contributed by atoms with Crippen molar-refractivity contribution in [2.75, 3.05) is 23.8 Å². The topological polar surface area (TPSA) is 55.6 Å². The standard InChI is InChI=1S/C15H14N2O2/c16-12-6-2-1-5-11(12)15(18)17-9-10-19-14-8-4-3-7-13(14)17/h1-8H,9-10,16H2. The van der Waals surface area contributed by atoms with Crippen LogP contribution >= 0.6 is 0 Å². The Morgan fingerprint density at radius 1 is 1.11 bits per heavy atom. The smallest absolute Gasteiger partial charge is 0.260 e. The Balaban J connectivity index is 2.00. The second-order valence-corrected chi connectivity index (χ2v) is 4.36. The third-order valence-electron chi connectivity index (χ3n) is 3.16. The van der Waals surface area contributed by atoms with Gasteiger partial charge >= 0.3 is 0 Å². The van der Waals surface area contributed by atoms with Crippen LogP contribution in [-0.2, 0) is 0 Å². The Morgan fingerprint density at radius 3 is 2.68 bits per heavy atom. The van der Waals surface area contributed by atoms with Gasteiger partial charge in [-0.3, -0.25) is 4.79 Å². The maximum atomic E-state index is 12.6. The van der Waals surface area contributed by atoms with Gasteiger partial charge < -0.3 is 15.4 Å². The minimum atomic E-state index is -0.0890. The molecule has 1 aliphatic rings. The van der Waals surface area contributed by atoms with Crippen LogP contribution in [0, 0.1) is 0 Å². The lowest BCUT2D eigenvalue weighted by Crippen LogP contribution is -2.38. The van der Waals surface area contributed by atoms with Gasteiger partial charge in [0.05, 0.1) is 17.8 Å². The summed E-state index contributed by atoms with van der Waals surface area (Å²) in [5.74, 6) is 0.644. The van der Waals surface area contributed by atoms with E-state index in [1.165, 1.54) is 0 Å². The highest BCUT2D eigenvalue weighted by molar-refractivity contribution is 6.10. The molecule has 96 valence electrons. The van der Waals surface area contributed by atoms with Crippen molar-refractivity contribution in [3.63, 3.8) is 0 Å². The Kier molecular flexibility index (Phi) is 2.83. The summed E-state index contributed by atoms with van der Waals surface area (Å²) in [5.41, 5.74) is 7.69. The van der Waals surface area contributed by atoms with E-state index in [2.05, 4.69) is 0 Å². The molecular weight excluding hydrogens is 240 g/mol. The van der Waals surface area contributed by atoms with Gasteiger partial charge in [0.2, 0.25) is 0 Å². The summed E-state index contributed by atoms with van der Waals surface area (Å²) in [5, 5.41) is 0. The third kappa shape index (κ3) is 2.01. The number of nitrogens with two attached hydrogens (primary N) is 1. The molecule has 0 saturated carbocycles. The molecule has 0 bridgehead atoms. The van der Waals surface area contributed by atoms with E-state index in [4.69, 9.17) is 10.5 Å². The van der Waals surface area contributed by atoms with Gasteiger partial charge in [0.1, 0.15) is 12.4 Å². The molecule has 4 heteroatoms. The number of amides is 1. The van der Waals surface area contributed by atoms with Gasteiger partial charge in [0, 0.05) is 5.69 Å². The summed E-state index contributed by atoms with van der Waals surface area (Å²) in [6, 6.07) is 14.6. The molecule has 0 aliphatic carbocycles. The maximum Gasteiger partial charge on any atom is 0.260 e. The Morgan fingerprint density at radius 2 is 1.84 bits per heavy atom. The lowest BCUT2D eigenvalue weighted by atomic mass is 10.1. The normalized spacial score (nSPS) is 13.6. The van der Waals surface area contributed by atoms with Crippen molar-refractivity contribution in [1.82, 2.24) is 0 Å². The zero-order valence-corrected chi connectivity index (χ0v) is 10.4. The summed E-state index contributed by atoms with van der Waals surface area (Å²) in [7, 11) is 0. The fraction of sp³-hybridized carbons (Fsp3) is 0.133. The van der Waals surface area contributed by atoms with Crippen LogP contribution < -0.4 is 15.4 Å². The number of ether oxygens (including phenoxy) is 1. The summed E-state index contributed by atoms with van der Waals surface area (Å²) in [6.07, 6.45) is 0. The van der Waals surface area contributed by atoms with Gasteiger partial charge in [-0.2, -0.15) is 0 Å². The van der Waals surface area contributed by atoms with E-state index in [9.17, 15) is 4.79 Å². The molecule has 1 amide bonds. The van der Waals surface area contributed by atoms with Crippen molar-refractivity contribution in [3.05, 3.63) is 54.1 Å². The fourth-order valence-corrected chi connectivity index (χ4v) is 2.22. The molecule has 2 aromatic rings. The van der Waals surface area contributed by atoms with Crippen LogP contribution in [0.2, 0.25) is 0 Å². The first kappa shape index (κ1) is 11.6. The fourth-order valence-electron chi connectivity index (χ4n) is 2.22. The number of nitrogens with zero attached hydrogens (tertiary/aromatic N) is 1. The molecule has 0 radical (unpaired) electrons. The molecule has 19 heavy (non-hydrogen) atoms. The Bertz CT molecular complexity index is 625. The molecule has 0 aromatic heterocycles. The second kappa shape index (κ2) is 4.65. The van der Waals surface area contributed by atoms with E-state index in [-0.39, 0.29) is 5.91 Å². The molecule has 1 heterocycles. The number of carbonyl (C=O) groups is 1. The molecule has 0 unspecified atom stereocenters. The van der Waals surface area contributed by atoms with Crippen molar-refractivity contribution in [2.45, 2.75) is 0 Å². The molecule has 1 aliphatic heterocycles. The number of benzene rings is 2. The van der Waals surface area contributed by atoms with E-state index in [1.54, 1.807) is 17.0 Å². The monoisotopic (exact) mass is 254 g/mol. The number of rotatable bonds is 1. The van der Waals surface area contributed by atoms with Gasteiger partial charge in [-0.1, -0.05) is 24.3 Å². The summed E-state index contributed by atoms with van der Waals surface area (Å²) < 4.78 is 5.54. The maximum absolute atomic E-state index is 12.6. The van der Waals surface area contributed by atoms with Crippen molar-refractivity contribution in [2.24, 2.45) is 0 Å². The molecule has 2 N–H and O–H groups in total. The average molecular weight is 254 g/mol. The zero-order valence-electron chi connectivity index (χ0n) is 10.4. The van der Waals surface area contributed by atoms with Crippen LogP contribution in [0.5, 0.6) is 5.75 Å². The molecule has 0 saturated heterocycles. The lowest BCUT2D eigenvalue weighted by Gasteiger charge is -2.29. The number of nitrogen functional groups attached to an aromatic ring is 1. The highest BCUT2D eigenvalue weighted by Gasteiger charge is 2.25. The molecular formula is C15H14N2O2. The number of hydrogen-bond donors (Lipinski definition) is 1. The predicted octanol–water partition coefficient (Wildman–Crippen LogP) is 2.31. The van der Waals surface area contributed by atoms with Gasteiger partial charge in [0.15, 0.2) is 0 Å². The number of hydrogen-bond acceptors (Lipinski definition) is 3. The van der Waals surface area contributed by atoms with Crippen molar-refractivity contribution < 1.29 is 9.53 Å². The molecule has 2 aromatic carbocycles. The number of para-hydroxylation sites is 3. The van der Waals surface area contributed by atoms with Gasteiger partial charge in [0.25, 0.3) is 5.91 Å². The second-order valence-electron chi connectivity index (χ2n) is 4.36. The first-order valence-corrected chi connectivity index (χ1v) is 6.15. The van der Waals surface area contributed by atoms with E-state index >= 15 is 0 Å². The van der Waals surface area contributed by atoms with Crippen LogP contribution in [0.15, 0.2) is 48.5 Å². The third-order valence-corrected chi connectivity index (χ3v) is 3.16. The minimum Gasteiger partial charge on any atom is -0.490 e. The first-order valence-electron chi connectivity index (χ1n) is 6.15. The first-order chi connectivity index (χ1) is 9.27. The van der Waals surface area contributed by atoms with Crippen LogP contribution in [0.3, 0.4) is 0 Å². The van der Waals surface area contributed by atoms with Gasteiger partial charge in [-0.15, -0.1) is 0 Å². The van der Waals surface area contributed by atoms with Crippen LogP contribution in [-0.4, -0.2) is 19.1 Å². The highest BCUT2D eigenvalue weighted by atomic mass is 16.5. The SMILES string of the molecule is Nc1ccccc1C(=O)N1CCOc2ccccc21. The van der Waals surface area contributed by atoms with Crippen molar-refractivity contribution in [3.8, 4) is 5.75 Å².